The van der Waals surface area contributed by atoms with Gasteiger partial charge >= 0.3 is 0 Å². The Morgan fingerprint density at radius 3 is 2.95 bits per heavy atom. The van der Waals surface area contributed by atoms with E-state index in [1.54, 1.807) is 6.07 Å². The summed E-state index contributed by atoms with van der Waals surface area (Å²) in [6, 6.07) is 5.46. The van der Waals surface area contributed by atoms with Gasteiger partial charge in [-0.15, -0.1) is 0 Å². The molecule has 0 fully saturated rings. The highest BCUT2D eigenvalue weighted by Gasteiger charge is 2.11. The summed E-state index contributed by atoms with van der Waals surface area (Å²) in [5, 5.41) is 11.3. The van der Waals surface area contributed by atoms with Gasteiger partial charge in [0.15, 0.2) is 0 Å². The highest BCUT2D eigenvalue weighted by atomic mass is 19.1. The molecule has 4 nitrogen and oxygen atoms in total. The van der Waals surface area contributed by atoms with E-state index in [2.05, 4.69) is 17.2 Å². The lowest BCUT2D eigenvalue weighted by Crippen LogP contribution is -2.23. The molecule has 0 bridgehead atoms. The van der Waals surface area contributed by atoms with Crippen LogP contribution in [0.2, 0.25) is 0 Å². The largest absolute Gasteiger partial charge is 0.472 e. The summed E-state index contributed by atoms with van der Waals surface area (Å²) in [5.41, 5.74) is 1.30. The van der Waals surface area contributed by atoms with Gasteiger partial charge in [-0.2, -0.15) is 0 Å². The summed E-state index contributed by atoms with van der Waals surface area (Å²) in [4.78, 5) is 12.0. The van der Waals surface area contributed by atoms with Crippen LogP contribution in [0.1, 0.15) is 21.5 Å². The van der Waals surface area contributed by atoms with Gasteiger partial charge in [-0.1, -0.05) is 11.8 Å². The number of amides is 1. The number of hydrogen-bond donors (Lipinski definition) is 2. The molecule has 0 aliphatic carbocycles. The molecule has 2 aromatic rings. The Hall–Kier alpha value is -2.58. The Morgan fingerprint density at radius 1 is 1.40 bits per heavy atom. The SMILES string of the molecule is O=C(NCc1ccoc1)c1cc(F)ccc1C#CCO. The van der Waals surface area contributed by atoms with E-state index >= 15 is 0 Å². The van der Waals surface area contributed by atoms with E-state index < -0.39 is 11.7 Å². The smallest absolute Gasteiger partial charge is 0.252 e. The fourth-order valence-corrected chi connectivity index (χ4v) is 1.62. The number of hydrogen-bond acceptors (Lipinski definition) is 3. The van der Waals surface area contributed by atoms with Crippen molar-refractivity contribution in [2.75, 3.05) is 6.61 Å². The van der Waals surface area contributed by atoms with Crippen LogP contribution >= 0.6 is 0 Å². The first-order valence-corrected chi connectivity index (χ1v) is 5.89. The van der Waals surface area contributed by atoms with Crippen LogP contribution in [0.3, 0.4) is 0 Å². The van der Waals surface area contributed by atoms with Crippen LogP contribution in [-0.4, -0.2) is 17.6 Å². The average molecular weight is 273 g/mol. The van der Waals surface area contributed by atoms with E-state index in [1.165, 1.54) is 24.7 Å². The molecular formula is C15H12FNO3. The minimum atomic E-state index is -0.520. The number of carbonyl (C=O) groups excluding carboxylic acids is 1. The molecule has 1 heterocycles. The van der Waals surface area contributed by atoms with Gasteiger partial charge in [0.25, 0.3) is 5.91 Å². The van der Waals surface area contributed by atoms with Crippen molar-refractivity contribution >= 4 is 5.91 Å². The second kappa shape index (κ2) is 6.55. The molecule has 1 amide bonds. The molecule has 0 aliphatic rings. The molecule has 0 aliphatic heterocycles. The zero-order chi connectivity index (χ0) is 14.4. The van der Waals surface area contributed by atoms with Gasteiger partial charge < -0.3 is 14.8 Å². The number of halogens is 1. The fraction of sp³-hybridized carbons (Fsp3) is 0.133. The molecule has 0 atom stereocenters. The van der Waals surface area contributed by atoms with Crippen molar-refractivity contribution in [1.29, 1.82) is 0 Å². The Balaban J connectivity index is 2.17. The topological polar surface area (TPSA) is 62.5 Å². The molecular weight excluding hydrogens is 261 g/mol. The number of aliphatic hydroxyl groups excluding tert-OH is 1. The van der Waals surface area contributed by atoms with E-state index in [4.69, 9.17) is 9.52 Å². The molecule has 0 spiro atoms. The van der Waals surface area contributed by atoms with Crippen molar-refractivity contribution < 1.29 is 18.7 Å². The molecule has 1 aromatic heterocycles. The fourth-order valence-electron chi connectivity index (χ4n) is 1.62. The van der Waals surface area contributed by atoms with Gasteiger partial charge in [0.05, 0.1) is 18.1 Å². The summed E-state index contributed by atoms with van der Waals surface area (Å²) in [7, 11) is 0. The van der Waals surface area contributed by atoms with Crippen LogP contribution in [0, 0.1) is 17.7 Å². The minimum absolute atomic E-state index is 0.134. The zero-order valence-electron chi connectivity index (χ0n) is 10.5. The molecule has 0 radical (unpaired) electrons. The first-order chi connectivity index (χ1) is 9.70. The highest BCUT2D eigenvalue weighted by molar-refractivity contribution is 5.96. The van der Waals surface area contributed by atoms with Gasteiger partial charge in [0.1, 0.15) is 12.4 Å². The zero-order valence-corrected chi connectivity index (χ0v) is 10.5. The number of benzene rings is 1. The summed E-state index contributed by atoms with van der Waals surface area (Å²) >= 11 is 0. The predicted molar refractivity (Wildman–Crippen MR) is 70.2 cm³/mol. The van der Waals surface area contributed by atoms with Gasteiger partial charge in [-0.25, -0.2) is 4.39 Å². The maximum absolute atomic E-state index is 13.3. The Labute approximate surface area is 115 Å². The molecule has 20 heavy (non-hydrogen) atoms. The molecule has 0 saturated heterocycles. The van der Waals surface area contributed by atoms with E-state index in [0.717, 1.165) is 11.6 Å². The minimum Gasteiger partial charge on any atom is -0.472 e. The Morgan fingerprint density at radius 2 is 2.25 bits per heavy atom. The van der Waals surface area contributed by atoms with Crippen LogP contribution in [0.15, 0.2) is 41.2 Å². The van der Waals surface area contributed by atoms with Gasteiger partial charge in [0.2, 0.25) is 0 Å². The second-order valence-electron chi connectivity index (χ2n) is 3.96. The molecule has 1 aromatic carbocycles. The normalized spacial score (nSPS) is 9.70. The lowest BCUT2D eigenvalue weighted by molar-refractivity contribution is 0.0950. The number of nitrogens with one attached hydrogen (secondary N) is 1. The van der Waals surface area contributed by atoms with Crippen LogP contribution in [0.5, 0.6) is 0 Å². The van der Waals surface area contributed by atoms with Crippen LogP contribution in [0.25, 0.3) is 0 Å². The Kier molecular flexibility index (Phi) is 4.53. The lowest BCUT2D eigenvalue weighted by atomic mass is 10.1. The first kappa shape index (κ1) is 13.8. The van der Waals surface area contributed by atoms with Gasteiger partial charge in [-0.3, -0.25) is 4.79 Å². The lowest BCUT2D eigenvalue weighted by Gasteiger charge is -2.06. The third kappa shape index (κ3) is 3.46. The van der Waals surface area contributed by atoms with Crippen molar-refractivity contribution in [2.24, 2.45) is 0 Å². The maximum atomic E-state index is 13.3. The third-order valence-electron chi connectivity index (χ3n) is 2.56. The maximum Gasteiger partial charge on any atom is 0.252 e. The van der Waals surface area contributed by atoms with Crippen molar-refractivity contribution in [3.8, 4) is 11.8 Å². The third-order valence-corrected chi connectivity index (χ3v) is 2.56. The average Bonchev–Trinajstić information content (AvgIpc) is 2.96. The van der Waals surface area contributed by atoms with Crippen molar-refractivity contribution in [1.82, 2.24) is 5.32 Å². The van der Waals surface area contributed by atoms with E-state index in [0.29, 0.717) is 5.56 Å². The molecule has 2 N–H and O–H groups in total. The standard InChI is InChI=1S/C15H12FNO3/c16-13-4-3-12(2-1-6-18)14(8-13)15(19)17-9-11-5-7-20-10-11/h3-5,7-8,10,18H,6,9H2,(H,17,19). The monoisotopic (exact) mass is 273 g/mol. The van der Waals surface area contributed by atoms with Crippen LogP contribution in [-0.2, 0) is 6.54 Å². The molecule has 5 heteroatoms. The van der Waals surface area contributed by atoms with Crippen LogP contribution in [0.4, 0.5) is 4.39 Å². The van der Waals surface area contributed by atoms with Gasteiger partial charge in [-0.05, 0) is 24.3 Å². The number of rotatable bonds is 3. The molecule has 0 saturated carbocycles. The van der Waals surface area contributed by atoms with Crippen LogP contribution < -0.4 is 5.32 Å². The number of furan rings is 1. The van der Waals surface area contributed by atoms with E-state index in [-0.39, 0.29) is 18.7 Å². The quantitative estimate of drug-likeness (QED) is 0.837. The summed E-state index contributed by atoms with van der Waals surface area (Å²) in [6.45, 7) is -0.0494. The molecule has 0 unspecified atom stereocenters. The number of carbonyl (C=O) groups is 1. The van der Waals surface area contributed by atoms with Gasteiger partial charge in [0, 0.05) is 17.7 Å². The summed E-state index contributed by atoms with van der Waals surface area (Å²) in [6.07, 6.45) is 3.01. The molecule has 2 rings (SSSR count). The Bertz CT molecular complexity index is 653. The van der Waals surface area contributed by atoms with Crippen molar-refractivity contribution in [2.45, 2.75) is 6.54 Å². The van der Waals surface area contributed by atoms with Crippen molar-refractivity contribution in [3.05, 3.63) is 59.3 Å². The number of aliphatic hydroxyl groups is 1. The predicted octanol–water partition coefficient (Wildman–Crippen LogP) is 1.69. The highest BCUT2D eigenvalue weighted by Crippen LogP contribution is 2.11. The first-order valence-electron chi connectivity index (χ1n) is 5.89. The molecule has 102 valence electrons. The summed E-state index contributed by atoms with van der Waals surface area (Å²) in [5.74, 6) is 4.10. The summed E-state index contributed by atoms with van der Waals surface area (Å²) < 4.78 is 18.1. The van der Waals surface area contributed by atoms with E-state index in [9.17, 15) is 9.18 Å². The van der Waals surface area contributed by atoms with E-state index in [1.807, 2.05) is 0 Å². The second-order valence-corrected chi connectivity index (χ2v) is 3.96. The van der Waals surface area contributed by atoms with Crippen molar-refractivity contribution in [3.63, 3.8) is 0 Å².